The Balaban J connectivity index is 1.51. The lowest BCUT2D eigenvalue weighted by Gasteiger charge is -2.19. The summed E-state index contributed by atoms with van der Waals surface area (Å²) in [4.78, 5) is 24.0. The minimum absolute atomic E-state index is 0.0560. The van der Waals surface area contributed by atoms with Crippen LogP contribution in [-0.4, -0.2) is 46.4 Å². The van der Waals surface area contributed by atoms with Crippen molar-refractivity contribution in [2.45, 2.75) is 32.0 Å². The number of benzene rings is 1. The second-order valence-corrected chi connectivity index (χ2v) is 6.03. The Labute approximate surface area is 145 Å². The molecule has 8 heteroatoms. The molecule has 0 saturated carbocycles. The van der Waals surface area contributed by atoms with Crippen LogP contribution in [0.4, 0.5) is 0 Å². The topological polar surface area (TPSA) is 97.3 Å². The number of nitrogens with zero attached hydrogens (tertiary/aromatic N) is 2. The van der Waals surface area contributed by atoms with Gasteiger partial charge in [0.1, 0.15) is 0 Å². The van der Waals surface area contributed by atoms with Crippen LogP contribution >= 0.6 is 0 Å². The normalized spacial score (nSPS) is 22.6. The Morgan fingerprint density at radius 3 is 2.48 bits per heavy atom. The molecule has 2 unspecified atom stereocenters. The minimum atomic E-state index is -0.536. The van der Waals surface area contributed by atoms with Gasteiger partial charge in [0.25, 0.3) is 5.91 Å². The molecule has 1 fully saturated rings. The van der Waals surface area contributed by atoms with Crippen molar-refractivity contribution in [2.75, 3.05) is 6.61 Å². The van der Waals surface area contributed by atoms with Crippen molar-refractivity contribution in [3.05, 3.63) is 48.3 Å². The summed E-state index contributed by atoms with van der Waals surface area (Å²) in [5.74, 6) is -0.860. The van der Waals surface area contributed by atoms with Crippen LogP contribution in [0.2, 0.25) is 0 Å². The molecule has 0 spiro atoms. The predicted octanol–water partition coefficient (Wildman–Crippen LogP) is 0.399. The van der Waals surface area contributed by atoms with Gasteiger partial charge in [-0.25, -0.2) is 9.48 Å². The zero-order valence-electron chi connectivity index (χ0n) is 14.1. The molecular formula is C17H21N5O3. The van der Waals surface area contributed by atoms with E-state index in [2.05, 4.69) is 21.3 Å². The van der Waals surface area contributed by atoms with Crippen molar-refractivity contribution in [1.82, 2.24) is 25.9 Å². The number of hydrogen-bond donors (Lipinski definition) is 3. The molecule has 0 bridgehead atoms. The third kappa shape index (κ3) is 4.04. The molecule has 2 atom stereocenters. The first kappa shape index (κ1) is 17.1. The molecule has 1 amide bonds. The van der Waals surface area contributed by atoms with Gasteiger partial charge in [-0.3, -0.25) is 15.6 Å². The molecule has 1 aromatic heterocycles. The molecule has 1 aliphatic heterocycles. The van der Waals surface area contributed by atoms with Gasteiger partial charge in [-0.2, -0.15) is 5.10 Å². The quantitative estimate of drug-likeness (QED) is 0.680. The van der Waals surface area contributed by atoms with E-state index in [9.17, 15) is 9.59 Å². The van der Waals surface area contributed by atoms with E-state index in [4.69, 9.17) is 4.74 Å². The van der Waals surface area contributed by atoms with Gasteiger partial charge in [0, 0.05) is 24.5 Å². The van der Waals surface area contributed by atoms with Crippen molar-refractivity contribution in [3.63, 3.8) is 0 Å². The number of esters is 1. The van der Waals surface area contributed by atoms with Gasteiger partial charge in [-0.05, 0) is 44.2 Å². The van der Waals surface area contributed by atoms with E-state index in [1.54, 1.807) is 35.1 Å². The summed E-state index contributed by atoms with van der Waals surface area (Å²) in [5.41, 5.74) is 7.33. The average molecular weight is 343 g/mol. The van der Waals surface area contributed by atoms with Crippen molar-refractivity contribution >= 4 is 11.9 Å². The van der Waals surface area contributed by atoms with Crippen molar-refractivity contribution in [1.29, 1.82) is 0 Å². The van der Waals surface area contributed by atoms with E-state index in [1.807, 2.05) is 26.1 Å². The number of hydrazine groups is 1. The number of ether oxygens (including phenoxy) is 1. The molecule has 3 rings (SSSR count). The van der Waals surface area contributed by atoms with Crippen molar-refractivity contribution in [3.8, 4) is 5.69 Å². The Bertz CT molecular complexity index is 719. The van der Waals surface area contributed by atoms with Crippen LogP contribution in [0.3, 0.4) is 0 Å². The molecular weight excluding hydrogens is 322 g/mol. The molecule has 0 radical (unpaired) electrons. The third-order valence-corrected chi connectivity index (χ3v) is 4.15. The number of nitrogens with one attached hydrogen (secondary N) is 3. The number of carbonyl (C=O) groups excluding carboxylic acids is 2. The fourth-order valence-electron chi connectivity index (χ4n) is 2.74. The molecule has 2 heterocycles. The van der Waals surface area contributed by atoms with Crippen LogP contribution in [0.1, 0.15) is 24.2 Å². The zero-order chi connectivity index (χ0) is 17.8. The van der Waals surface area contributed by atoms with Crippen LogP contribution < -0.4 is 16.2 Å². The largest absolute Gasteiger partial charge is 0.452 e. The first-order valence-electron chi connectivity index (χ1n) is 8.12. The smallest absolute Gasteiger partial charge is 0.338 e. The summed E-state index contributed by atoms with van der Waals surface area (Å²) in [7, 11) is 0. The summed E-state index contributed by atoms with van der Waals surface area (Å²) >= 11 is 0. The monoisotopic (exact) mass is 343 g/mol. The zero-order valence-corrected chi connectivity index (χ0v) is 14.1. The maximum Gasteiger partial charge on any atom is 0.338 e. The van der Waals surface area contributed by atoms with Crippen molar-refractivity contribution < 1.29 is 14.3 Å². The Morgan fingerprint density at radius 2 is 1.88 bits per heavy atom. The fraction of sp³-hybridized carbons (Fsp3) is 0.353. The van der Waals surface area contributed by atoms with Gasteiger partial charge >= 0.3 is 5.97 Å². The Kier molecular flexibility index (Phi) is 5.11. The molecule has 2 aromatic rings. The molecule has 1 aliphatic rings. The standard InChI is InChI=1S/C17H21N5O3/c1-11-16(12(2)21-20-11)19-15(23)10-25-17(24)13-4-6-14(7-5-13)22-9-3-8-18-22/h3-9,11-12,16,20-21H,10H2,1-2H3,(H,19,23). The summed E-state index contributed by atoms with van der Waals surface area (Å²) in [6, 6.07) is 8.79. The van der Waals surface area contributed by atoms with E-state index >= 15 is 0 Å². The Morgan fingerprint density at radius 1 is 1.20 bits per heavy atom. The SMILES string of the molecule is CC1NNC(C)C1NC(=O)COC(=O)c1ccc(-n2cccn2)cc1. The minimum Gasteiger partial charge on any atom is -0.452 e. The highest BCUT2D eigenvalue weighted by atomic mass is 16.5. The maximum atomic E-state index is 12.1. The van der Waals surface area contributed by atoms with Crippen molar-refractivity contribution in [2.24, 2.45) is 0 Å². The molecule has 1 aromatic carbocycles. The molecule has 25 heavy (non-hydrogen) atoms. The number of carbonyl (C=O) groups is 2. The number of rotatable bonds is 5. The summed E-state index contributed by atoms with van der Waals surface area (Å²) in [5, 5.41) is 6.98. The molecule has 8 nitrogen and oxygen atoms in total. The number of hydrogen-bond acceptors (Lipinski definition) is 6. The Hall–Kier alpha value is -2.71. The van der Waals surface area contributed by atoms with E-state index in [-0.39, 0.29) is 30.6 Å². The van der Waals surface area contributed by atoms with Gasteiger partial charge in [0.05, 0.1) is 17.3 Å². The third-order valence-electron chi connectivity index (χ3n) is 4.15. The molecule has 0 aliphatic carbocycles. The van der Waals surface area contributed by atoms with Gasteiger partial charge < -0.3 is 10.1 Å². The van der Waals surface area contributed by atoms with E-state index in [1.165, 1.54) is 0 Å². The summed E-state index contributed by atoms with van der Waals surface area (Å²) < 4.78 is 6.78. The van der Waals surface area contributed by atoms with Gasteiger partial charge in [0.15, 0.2) is 6.61 Å². The van der Waals surface area contributed by atoms with Gasteiger partial charge in [0.2, 0.25) is 0 Å². The summed E-state index contributed by atoms with van der Waals surface area (Å²) in [6.45, 7) is 3.62. The highest BCUT2D eigenvalue weighted by Gasteiger charge is 2.31. The highest BCUT2D eigenvalue weighted by Crippen LogP contribution is 2.10. The highest BCUT2D eigenvalue weighted by molar-refractivity contribution is 5.91. The molecule has 132 valence electrons. The molecule has 1 saturated heterocycles. The van der Waals surface area contributed by atoms with Crippen LogP contribution in [0.25, 0.3) is 5.69 Å². The molecule has 3 N–H and O–H groups in total. The second kappa shape index (κ2) is 7.45. The first-order chi connectivity index (χ1) is 12.0. The number of aromatic nitrogens is 2. The lowest BCUT2D eigenvalue weighted by molar-refractivity contribution is -0.125. The van der Waals surface area contributed by atoms with Crippen LogP contribution in [-0.2, 0) is 9.53 Å². The van der Waals surface area contributed by atoms with E-state index < -0.39 is 5.97 Å². The van der Waals surface area contributed by atoms with Gasteiger partial charge in [-0.1, -0.05) is 0 Å². The summed E-state index contributed by atoms with van der Waals surface area (Å²) in [6.07, 6.45) is 3.49. The lowest BCUT2D eigenvalue weighted by Crippen LogP contribution is -2.47. The lowest BCUT2D eigenvalue weighted by atomic mass is 10.1. The van der Waals surface area contributed by atoms with E-state index in [0.29, 0.717) is 5.56 Å². The first-order valence-corrected chi connectivity index (χ1v) is 8.12. The van der Waals surface area contributed by atoms with Crippen LogP contribution in [0.5, 0.6) is 0 Å². The number of amides is 1. The second-order valence-electron chi connectivity index (χ2n) is 6.03. The fourth-order valence-corrected chi connectivity index (χ4v) is 2.74. The van der Waals surface area contributed by atoms with Crippen LogP contribution in [0.15, 0.2) is 42.7 Å². The predicted molar refractivity (Wildman–Crippen MR) is 91.0 cm³/mol. The van der Waals surface area contributed by atoms with E-state index in [0.717, 1.165) is 5.69 Å². The average Bonchev–Trinajstić information content (AvgIpc) is 3.26. The maximum absolute atomic E-state index is 12.1. The van der Waals surface area contributed by atoms with Crippen LogP contribution in [0, 0.1) is 0 Å². The van der Waals surface area contributed by atoms with Gasteiger partial charge in [-0.15, -0.1) is 0 Å².